The highest BCUT2D eigenvalue weighted by molar-refractivity contribution is 5.35. The molecule has 0 amide bonds. The maximum atomic E-state index is 5.52. The van der Waals surface area contributed by atoms with E-state index in [9.17, 15) is 0 Å². The molecule has 0 spiro atoms. The number of anilines is 1. The van der Waals surface area contributed by atoms with Gasteiger partial charge in [0.15, 0.2) is 0 Å². The second-order valence-corrected chi connectivity index (χ2v) is 3.86. The van der Waals surface area contributed by atoms with Gasteiger partial charge < -0.3 is 11.1 Å². The molecule has 4 heteroatoms. The highest BCUT2D eigenvalue weighted by Gasteiger charge is 2.26. The minimum absolute atomic E-state index is 0.261. The summed E-state index contributed by atoms with van der Waals surface area (Å²) in [4.78, 5) is 8.70. The number of aromatic nitrogens is 2. The van der Waals surface area contributed by atoms with E-state index < -0.39 is 0 Å². The van der Waals surface area contributed by atoms with Crippen LogP contribution < -0.4 is 11.1 Å². The summed E-state index contributed by atoms with van der Waals surface area (Å²) >= 11 is 0. The third-order valence-electron chi connectivity index (χ3n) is 2.36. The third kappa shape index (κ3) is 2.20. The second-order valence-electron chi connectivity index (χ2n) is 3.86. The fourth-order valence-electron chi connectivity index (χ4n) is 1.30. The zero-order valence-electron chi connectivity index (χ0n) is 8.40. The van der Waals surface area contributed by atoms with Crippen molar-refractivity contribution in [3.63, 3.8) is 0 Å². The summed E-state index contributed by atoms with van der Waals surface area (Å²) in [6, 6.07) is 2.15. The van der Waals surface area contributed by atoms with Gasteiger partial charge in [-0.1, -0.05) is 0 Å². The first-order valence-corrected chi connectivity index (χ1v) is 5.09. The van der Waals surface area contributed by atoms with Crippen LogP contribution in [0.3, 0.4) is 0 Å². The van der Waals surface area contributed by atoms with Gasteiger partial charge in [-0.15, -0.1) is 0 Å². The molecule has 1 atom stereocenters. The van der Waals surface area contributed by atoms with E-state index in [1.54, 1.807) is 0 Å². The Hall–Kier alpha value is -1.16. The molecule has 14 heavy (non-hydrogen) atoms. The average molecular weight is 192 g/mol. The van der Waals surface area contributed by atoms with Crippen molar-refractivity contribution in [1.82, 2.24) is 9.97 Å². The molecule has 1 heterocycles. The van der Waals surface area contributed by atoms with Gasteiger partial charge in [-0.05, 0) is 25.8 Å². The lowest BCUT2D eigenvalue weighted by atomic mass is 10.3. The Morgan fingerprint density at radius 3 is 3.07 bits per heavy atom. The summed E-state index contributed by atoms with van der Waals surface area (Å²) < 4.78 is 0. The molecule has 1 unspecified atom stereocenters. The van der Waals surface area contributed by atoms with Crippen LogP contribution in [0.25, 0.3) is 0 Å². The SMILES string of the molecule is CC(CN)Nc1ccnc(C2CC2)n1. The Balaban J connectivity index is 2.05. The van der Waals surface area contributed by atoms with Crippen LogP contribution in [-0.2, 0) is 0 Å². The van der Waals surface area contributed by atoms with Crippen molar-refractivity contribution >= 4 is 5.82 Å². The van der Waals surface area contributed by atoms with Crippen molar-refractivity contribution in [3.8, 4) is 0 Å². The molecule has 2 rings (SSSR count). The van der Waals surface area contributed by atoms with Crippen molar-refractivity contribution in [2.75, 3.05) is 11.9 Å². The predicted octanol–water partition coefficient (Wildman–Crippen LogP) is 1.11. The van der Waals surface area contributed by atoms with Crippen LogP contribution in [0.15, 0.2) is 12.3 Å². The lowest BCUT2D eigenvalue weighted by molar-refractivity contribution is 0.791. The summed E-state index contributed by atoms with van der Waals surface area (Å²) in [5.41, 5.74) is 5.52. The monoisotopic (exact) mass is 192 g/mol. The standard InChI is InChI=1S/C10H16N4/c1-7(6-11)13-9-4-5-12-10(14-9)8-2-3-8/h4-5,7-8H,2-3,6,11H2,1H3,(H,12,13,14). The lowest BCUT2D eigenvalue weighted by Crippen LogP contribution is -2.25. The quantitative estimate of drug-likeness (QED) is 0.750. The molecule has 1 aliphatic rings. The van der Waals surface area contributed by atoms with E-state index in [1.165, 1.54) is 12.8 Å². The molecular weight excluding hydrogens is 176 g/mol. The first kappa shape index (κ1) is 9.40. The molecule has 0 radical (unpaired) electrons. The Morgan fingerprint density at radius 1 is 1.64 bits per heavy atom. The largest absolute Gasteiger partial charge is 0.366 e. The summed E-state index contributed by atoms with van der Waals surface area (Å²) in [7, 11) is 0. The average Bonchev–Trinajstić information content (AvgIpc) is 3.01. The van der Waals surface area contributed by atoms with E-state index in [1.807, 2.05) is 19.2 Å². The Morgan fingerprint density at radius 2 is 2.43 bits per heavy atom. The van der Waals surface area contributed by atoms with Gasteiger partial charge in [0.25, 0.3) is 0 Å². The molecular formula is C10H16N4. The highest BCUT2D eigenvalue weighted by atomic mass is 15.1. The molecule has 0 bridgehead atoms. The fraction of sp³-hybridized carbons (Fsp3) is 0.600. The predicted molar refractivity (Wildman–Crippen MR) is 56.1 cm³/mol. The number of rotatable bonds is 4. The van der Waals surface area contributed by atoms with Crippen LogP contribution in [0.4, 0.5) is 5.82 Å². The first-order valence-electron chi connectivity index (χ1n) is 5.09. The zero-order chi connectivity index (χ0) is 9.97. The van der Waals surface area contributed by atoms with Gasteiger partial charge in [0.1, 0.15) is 11.6 Å². The highest BCUT2D eigenvalue weighted by Crippen LogP contribution is 2.37. The molecule has 0 saturated heterocycles. The molecule has 0 aliphatic heterocycles. The minimum atomic E-state index is 0.261. The van der Waals surface area contributed by atoms with Gasteiger partial charge in [-0.25, -0.2) is 9.97 Å². The molecule has 1 aliphatic carbocycles. The van der Waals surface area contributed by atoms with Gasteiger partial charge in [-0.2, -0.15) is 0 Å². The second kappa shape index (κ2) is 3.92. The molecule has 1 aromatic heterocycles. The van der Waals surface area contributed by atoms with Crippen LogP contribution in [-0.4, -0.2) is 22.6 Å². The smallest absolute Gasteiger partial charge is 0.133 e. The molecule has 4 nitrogen and oxygen atoms in total. The summed E-state index contributed by atoms with van der Waals surface area (Å²) in [5, 5.41) is 3.24. The van der Waals surface area contributed by atoms with E-state index in [0.29, 0.717) is 12.5 Å². The molecule has 76 valence electrons. The molecule has 1 saturated carbocycles. The van der Waals surface area contributed by atoms with Crippen LogP contribution >= 0.6 is 0 Å². The summed E-state index contributed by atoms with van der Waals surface area (Å²) in [6.07, 6.45) is 4.28. The Kier molecular flexibility index (Phi) is 2.63. The normalized spacial score (nSPS) is 17.9. The molecule has 0 aromatic carbocycles. The Bertz CT molecular complexity index is 309. The van der Waals surface area contributed by atoms with Gasteiger partial charge >= 0.3 is 0 Å². The maximum Gasteiger partial charge on any atom is 0.133 e. The zero-order valence-corrected chi connectivity index (χ0v) is 8.40. The van der Waals surface area contributed by atoms with Crippen molar-refractivity contribution in [2.45, 2.75) is 31.7 Å². The van der Waals surface area contributed by atoms with Gasteiger partial charge in [0, 0.05) is 24.7 Å². The fourth-order valence-corrected chi connectivity index (χ4v) is 1.30. The van der Waals surface area contributed by atoms with Crippen LogP contribution in [0.5, 0.6) is 0 Å². The Labute approximate surface area is 83.9 Å². The van der Waals surface area contributed by atoms with E-state index in [0.717, 1.165) is 11.6 Å². The van der Waals surface area contributed by atoms with Crippen LogP contribution in [0, 0.1) is 0 Å². The van der Waals surface area contributed by atoms with Gasteiger partial charge in [0.2, 0.25) is 0 Å². The van der Waals surface area contributed by atoms with E-state index in [2.05, 4.69) is 15.3 Å². The summed E-state index contributed by atoms with van der Waals surface area (Å²) in [5.74, 6) is 2.46. The number of hydrogen-bond donors (Lipinski definition) is 2. The van der Waals surface area contributed by atoms with Gasteiger partial charge in [0.05, 0.1) is 0 Å². The molecule has 3 N–H and O–H groups in total. The van der Waals surface area contributed by atoms with Crippen LogP contribution in [0.1, 0.15) is 31.5 Å². The first-order chi connectivity index (χ1) is 6.79. The molecule has 1 aromatic rings. The van der Waals surface area contributed by atoms with E-state index in [4.69, 9.17) is 5.73 Å². The van der Waals surface area contributed by atoms with Crippen LogP contribution in [0.2, 0.25) is 0 Å². The lowest BCUT2D eigenvalue weighted by Gasteiger charge is -2.11. The maximum absolute atomic E-state index is 5.52. The van der Waals surface area contributed by atoms with Crippen molar-refractivity contribution in [3.05, 3.63) is 18.1 Å². The molecule has 1 fully saturated rings. The van der Waals surface area contributed by atoms with E-state index in [-0.39, 0.29) is 6.04 Å². The van der Waals surface area contributed by atoms with Crippen molar-refractivity contribution < 1.29 is 0 Å². The third-order valence-corrected chi connectivity index (χ3v) is 2.36. The number of hydrogen-bond acceptors (Lipinski definition) is 4. The van der Waals surface area contributed by atoms with Crippen molar-refractivity contribution in [1.29, 1.82) is 0 Å². The van der Waals surface area contributed by atoms with E-state index >= 15 is 0 Å². The van der Waals surface area contributed by atoms with Crippen molar-refractivity contribution in [2.24, 2.45) is 5.73 Å². The summed E-state index contributed by atoms with van der Waals surface area (Å²) in [6.45, 7) is 2.65. The number of nitrogens with two attached hydrogens (primary N) is 1. The number of nitrogens with zero attached hydrogens (tertiary/aromatic N) is 2. The topological polar surface area (TPSA) is 63.8 Å². The minimum Gasteiger partial charge on any atom is -0.366 e. The van der Waals surface area contributed by atoms with Gasteiger partial charge in [-0.3, -0.25) is 0 Å². The number of nitrogens with one attached hydrogen (secondary N) is 1.